The Bertz CT molecular complexity index is 1400. The topological polar surface area (TPSA) is 76.8 Å². The van der Waals surface area contributed by atoms with E-state index >= 15 is 0 Å². The number of alkyl halides is 3. The third-order valence-electron chi connectivity index (χ3n) is 4.93. The van der Waals surface area contributed by atoms with Crippen LogP contribution in [0.2, 0.25) is 0 Å². The Kier molecular flexibility index (Phi) is 6.99. The predicted octanol–water partition coefficient (Wildman–Crippen LogP) is 5.97. The van der Waals surface area contributed by atoms with Crippen LogP contribution in [0.4, 0.5) is 13.2 Å². The van der Waals surface area contributed by atoms with Crippen LogP contribution in [0.1, 0.15) is 26.6 Å². The van der Waals surface area contributed by atoms with E-state index < -0.39 is 26.8 Å². The number of para-hydroxylation sites is 1. The number of hydrogen-bond acceptors (Lipinski definition) is 6. The van der Waals surface area contributed by atoms with E-state index in [1.54, 1.807) is 41.8 Å². The molecule has 0 aliphatic rings. The van der Waals surface area contributed by atoms with Crippen LogP contribution in [0, 0.1) is 0 Å². The minimum atomic E-state index is -4.71. The zero-order chi connectivity index (χ0) is 25.1. The van der Waals surface area contributed by atoms with E-state index in [4.69, 9.17) is 8.60 Å². The normalized spacial score (nSPS) is 11.9. The molecule has 2 aromatic heterocycles. The quantitative estimate of drug-likeness (QED) is 0.267. The lowest BCUT2D eigenvalue weighted by Gasteiger charge is -2.22. The van der Waals surface area contributed by atoms with E-state index in [-0.39, 0.29) is 24.7 Å². The molecule has 2 heterocycles. The maximum absolute atomic E-state index is 13.1. The highest BCUT2D eigenvalue weighted by molar-refractivity contribution is 7.87. The van der Waals surface area contributed by atoms with Crippen LogP contribution >= 0.6 is 11.3 Å². The molecule has 11 heteroatoms. The average Bonchev–Trinajstić information content (AvgIpc) is 3.53. The third kappa shape index (κ3) is 5.92. The smallest absolute Gasteiger partial charge is 0.416 e. The largest absolute Gasteiger partial charge is 0.467 e. The molecule has 0 atom stereocenters. The summed E-state index contributed by atoms with van der Waals surface area (Å²) in [5.74, 6) is 0.116. The van der Waals surface area contributed by atoms with Crippen LogP contribution < -0.4 is 4.18 Å². The van der Waals surface area contributed by atoms with E-state index in [0.29, 0.717) is 22.3 Å². The molecule has 1 amide bonds. The summed E-state index contributed by atoms with van der Waals surface area (Å²) in [5.41, 5.74) is -0.763. The molecular formula is C24H18F3NO5S2. The Morgan fingerprint density at radius 3 is 2.46 bits per heavy atom. The number of furan rings is 1. The van der Waals surface area contributed by atoms with Crippen LogP contribution in [0.15, 0.2) is 93.8 Å². The van der Waals surface area contributed by atoms with Crippen LogP contribution in [-0.4, -0.2) is 19.2 Å². The van der Waals surface area contributed by atoms with E-state index in [1.807, 2.05) is 0 Å². The van der Waals surface area contributed by atoms with Gasteiger partial charge in [0.15, 0.2) is 0 Å². The number of benzene rings is 2. The molecule has 2 aromatic carbocycles. The Morgan fingerprint density at radius 1 is 0.971 bits per heavy atom. The monoisotopic (exact) mass is 521 g/mol. The van der Waals surface area contributed by atoms with Gasteiger partial charge in [-0.2, -0.15) is 21.6 Å². The Hall–Kier alpha value is -3.57. The van der Waals surface area contributed by atoms with Crippen molar-refractivity contribution in [2.45, 2.75) is 24.2 Å². The summed E-state index contributed by atoms with van der Waals surface area (Å²) in [6.45, 7) is 0.0736. The first-order valence-electron chi connectivity index (χ1n) is 10.2. The molecule has 0 spiro atoms. The fraction of sp³-hybridized carbons (Fsp3) is 0.125. The van der Waals surface area contributed by atoms with Crippen molar-refractivity contribution in [3.8, 4) is 5.75 Å². The minimum Gasteiger partial charge on any atom is -0.467 e. The highest BCUT2D eigenvalue weighted by atomic mass is 32.2. The number of carbonyl (C=O) groups is 1. The number of rotatable bonds is 8. The fourth-order valence-electron chi connectivity index (χ4n) is 3.26. The molecule has 4 rings (SSSR count). The molecule has 0 fully saturated rings. The molecule has 0 bridgehead atoms. The zero-order valence-corrected chi connectivity index (χ0v) is 19.6. The van der Waals surface area contributed by atoms with Gasteiger partial charge in [-0.1, -0.05) is 30.3 Å². The maximum Gasteiger partial charge on any atom is 0.416 e. The van der Waals surface area contributed by atoms with Crippen LogP contribution in [0.25, 0.3) is 0 Å². The van der Waals surface area contributed by atoms with Gasteiger partial charge in [-0.3, -0.25) is 4.79 Å². The molecule has 35 heavy (non-hydrogen) atoms. The van der Waals surface area contributed by atoms with Gasteiger partial charge in [0.05, 0.1) is 29.8 Å². The van der Waals surface area contributed by atoms with Crippen molar-refractivity contribution in [3.05, 3.63) is 106 Å². The number of carbonyl (C=O) groups excluding carboxylic acids is 1. The van der Waals surface area contributed by atoms with E-state index in [9.17, 15) is 26.4 Å². The average molecular weight is 522 g/mol. The van der Waals surface area contributed by atoms with Gasteiger partial charge in [-0.05, 0) is 47.8 Å². The first kappa shape index (κ1) is 24.6. The third-order valence-corrected chi connectivity index (χ3v) is 7.02. The molecular weight excluding hydrogens is 503 g/mol. The predicted molar refractivity (Wildman–Crippen MR) is 122 cm³/mol. The molecule has 0 aliphatic heterocycles. The summed E-state index contributed by atoms with van der Waals surface area (Å²) in [7, 11) is -4.59. The van der Waals surface area contributed by atoms with Gasteiger partial charge in [-0.25, -0.2) is 0 Å². The summed E-state index contributed by atoms with van der Waals surface area (Å²) in [4.78, 5) is 14.4. The first-order valence-corrected chi connectivity index (χ1v) is 12.5. The highest BCUT2D eigenvalue weighted by Crippen LogP contribution is 2.32. The van der Waals surface area contributed by atoms with Crippen molar-refractivity contribution in [1.82, 2.24) is 4.90 Å². The van der Waals surface area contributed by atoms with Crippen molar-refractivity contribution in [2.24, 2.45) is 0 Å². The van der Waals surface area contributed by atoms with Gasteiger partial charge in [0.1, 0.15) is 16.4 Å². The van der Waals surface area contributed by atoms with Crippen molar-refractivity contribution in [3.63, 3.8) is 0 Å². The Balaban J connectivity index is 1.63. The van der Waals surface area contributed by atoms with Gasteiger partial charge in [0.2, 0.25) is 0 Å². The molecule has 0 unspecified atom stereocenters. The molecule has 182 valence electrons. The number of hydrogen-bond donors (Lipinski definition) is 0. The molecule has 0 radical (unpaired) electrons. The van der Waals surface area contributed by atoms with Gasteiger partial charge in [-0.15, -0.1) is 11.3 Å². The van der Waals surface area contributed by atoms with Crippen LogP contribution in [0.3, 0.4) is 0 Å². The summed E-state index contributed by atoms with van der Waals surface area (Å²) in [5, 5.41) is 1.76. The molecule has 0 saturated carbocycles. The van der Waals surface area contributed by atoms with Crippen LogP contribution in [-0.2, 0) is 29.4 Å². The lowest BCUT2D eigenvalue weighted by molar-refractivity contribution is -0.137. The van der Waals surface area contributed by atoms with Gasteiger partial charge in [0, 0.05) is 5.56 Å². The molecule has 4 aromatic rings. The number of amides is 1. The number of halogens is 3. The lowest BCUT2D eigenvalue weighted by Crippen LogP contribution is -2.29. The lowest BCUT2D eigenvalue weighted by atomic mass is 10.2. The van der Waals surface area contributed by atoms with E-state index in [1.165, 1.54) is 34.6 Å². The van der Waals surface area contributed by atoms with Gasteiger partial charge >= 0.3 is 16.3 Å². The SMILES string of the molecule is O=C(c1cccs1)N(Cc1ccco1)Cc1ccccc1OS(=O)(=O)c1cccc(C(F)(F)F)c1. The molecule has 0 N–H and O–H groups in total. The Morgan fingerprint density at radius 2 is 1.77 bits per heavy atom. The fourth-order valence-corrected chi connectivity index (χ4v) is 4.96. The second-order valence-electron chi connectivity index (χ2n) is 7.39. The number of nitrogens with zero attached hydrogens (tertiary/aromatic N) is 1. The standard InChI is InChI=1S/C24H18F3NO5S2/c25-24(26,27)18-7-3-9-20(14-18)35(30,31)33-21-10-2-1-6-17(21)15-28(16-19-8-4-12-32-19)23(29)22-11-5-13-34-22/h1-14H,15-16H2. The first-order chi connectivity index (χ1) is 16.6. The van der Waals surface area contributed by atoms with Crippen molar-refractivity contribution >= 4 is 27.4 Å². The van der Waals surface area contributed by atoms with Crippen molar-refractivity contribution in [1.29, 1.82) is 0 Å². The summed E-state index contributed by atoms with van der Waals surface area (Å²) in [6.07, 6.45) is -3.24. The summed E-state index contributed by atoms with van der Waals surface area (Å²) < 4.78 is 75.4. The minimum absolute atomic E-state index is 0.0360. The molecule has 6 nitrogen and oxygen atoms in total. The van der Waals surface area contributed by atoms with E-state index in [2.05, 4.69) is 0 Å². The Labute approximate surface area is 203 Å². The van der Waals surface area contributed by atoms with E-state index in [0.717, 1.165) is 18.2 Å². The van der Waals surface area contributed by atoms with Crippen LogP contribution in [0.5, 0.6) is 5.75 Å². The van der Waals surface area contributed by atoms with Crippen molar-refractivity contribution < 1.29 is 35.0 Å². The second kappa shape index (κ2) is 9.96. The summed E-state index contributed by atoms with van der Waals surface area (Å²) in [6, 6.07) is 16.2. The van der Waals surface area contributed by atoms with Gasteiger partial charge in [0.25, 0.3) is 5.91 Å². The zero-order valence-electron chi connectivity index (χ0n) is 17.9. The highest BCUT2D eigenvalue weighted by Gasteiger charge is 2.32. The molecule has 0 aliphatic carbocycles. The maximum atomic E-state index is 13.1. The van der Waals surface area contributed by atoms with Crippen molar-refractivity contribution in [2.75, 3.05) is 0 Å². The molecule has 0 saturated heterocycles. The number of thiophene rings is 1. The second-order valence-corrected chi connectivity index (χ2v) is 9.88. The summed E-state index contributed by atoms with van der Waals surface area (Å²) >= 11 is 1.26. The van der Waals surface area contributed by atoms with Gasteiger partial charge < -0.3 is 13.5 Å².